The van der Waals surface area contributed by atoms with Crippen LogP contribution in [0.4, 0.5) is 0 Å². The lowest BCUT2D eigenvalue weighted by Gasteiger charge is -1.99. The highest BCUT2D eigenvalue weighted by atomic mass is 32.2. The lowest BCUT2D eigenvalue weighted by atomic mass is 10.4. The topological polar surface area (TPSA) is 25.8 Å². The van der Waals surface area contributed by atoms with E-state index in [1.165, 1.54) is 0 Å². The minimum Gasteiger partial charge on any atom is -0.257 e. The van der Waals surface area contributed by atoms with Crippen molar-refractivity contribution in [2.45, 2.75) is 18.9 Å². The largest absolute Gasteiger partial charge is 0.257 e. The van der Waals surface area contributed by atoms with Gasteiger partial charge in [-0.3, -0.25) is 4.98 Å². The first-order valence-corrected chi connectivity index (χ1v) is 4.30. The van der Waals surface area contributed by atoms with Crippen molar-refractivity contribution in [1.29, 1.82) is 0 Å². The zero-order valence-electron chi connectivity index (χ0n) is 6.38. The number of thioether (sulfide) groups is 1. The van der Waals surface area contributed by atoms with E-state index in [-0.39, 0.29) is 0 Å². The average molecular weight is 154 g/mol. The van der Waals surface area contributed by atoms with Crippen LogP contribution in [0, 0.1) is 13.8 Å². The molecule has 0 aliphatic heterocycles. The van der Waals surface area contributed by atoms with Crippen molar-refractivity contribution in [3.8, 4) is 0 Å². The van der Waals surface area contributed by atoms with Gasteiger partial charge in [0.2, 0.25) is 0 Å². The highest BCUT2D eigenvalue weighted by Gasteiger charge is 1.97. The fraction of sp³-hybridized carbons (Fsp3) is 0.429. The Morgan fingerprint density at radius 3 is 2.60 bits per heavy atom. The van der Waals surface area contributed by atoms with Gasteiger partial charge < -0.3 is 0 Å². The van der Waals surface area contributed by atoms with Crippen LogP contribution in [-0.4, -0.2) is 16.2 Å². The van der Waals surface area contributed by atoms with Crippen LogP contribution in [0.1, 0.15) is 11.4 Å². The van der Waals surface area contributed by atoms with Gasteiger partial charge >= 0.3 is 0 Å². The molecule has 0 spiro atoms. The Labute approximate surface area is 65.1 Å². The highest BCUT2D eigenvalue weighted by Crippen LogP contribution is 2.13. The molecule has 3 heteroatoms. The van der Waals surface area contributed by atoms with Gasteiger partial charge in [0, 0.05) is 6.20 Å². The Morgan fingerprint density at radius 2 is 2.10 bits per heavy atom. The monoisotopic (exact) mass is 154 g/mol. The zero-order chi connectivity index (χ0) is 7.56. The molecule has 0 aliphatic carbocycles. The van der Waals surface area contributed by atoms with Crippen molar-refractivity contribution in [3.05, 3.63) is 17.6 Å². The van der Waals surface area contributed by atoms with Crippen molar-refractivity contribution < 1.29 is 0 Å². The summed E-state index contributed by atoms with van der Waals surface area (Å²) in [7, 11) is 0. The van der Waals surface area contributed by atoms with Gasteiger partial charge in [0.15, 0.2) is 0 Å². The molecule has 1 rings (SSSR count). The first-order chi connectivity index (χ1) is 4.74. The molecule has 0 amide bonds. The Morgan fingerprint density at radius 1 is 1.40 bits per heavy atom. The molecule has 0 atom stereocenters. The second kappa shape index (κ2) is 3.01. The molecule has 0 aromatic carbocycles. The average Bonchev–Trinajstić information content (AvgIpc) is 1.94. The summed E-state index contributed by atoms with van der Waals surface area (Å²) >= 11 is 1.64. The SMILES string of the molecule is CSc1nc(C)cnc1C. The van der Waals surface area contributed by atoms with Gasteiger partial charge in [0.25, 0.3) is 0 Å². The molecule has 54 valence electrons. The van der Waals surface area contributed by atoms with E-state index in [1.54, 1.807) is 18.0 Å². The van der Waals surface area contributed by atoms with E-state index in [4.69, 9.17) is 0 Å². The molecule has 1 aromatic rings. The maximum Gasteiger partial charge on any atom is 0.117 e. The minimum atomic E-state index is 0.981. The second-order valence-corrected chi connectivity index (χ2v) is 2.90. The number of nitrogens with zero attached hydrogens (tertiary/aromatic N) is 2. The Hall–Kier alpha value is -0.570. The molecule has 1 heterocycles. The van der Waals surface area contributed by atoms with Crippen LogP contribution in [0.15, 0.2) is 11.2 Å². The van der Waals surface area contributed by atoms with Crippen LogP contribution in [0.3, 0.4) is 0 Å². The lowest BCUT2D eigenvalue weighted by Crippen LogP contribution is -1.91. The molecule has 2 nitrogen and oxygen atoms in total. The normalized spacial score (nSPS) is 9.90. The molecule has 0 fully saturated rings. The van der Waals surface area contributed by atoms with E-state index < -0.39 is 0 Å². The number of rotatable bonds is 1. The third kappa shape index (κ3) is 1.48. The van der Waals surface area contributed by atoms with Crippen molar-refractivity contribution >= 4 is 11.8 Å². The standard InChI is InChI=1S/C7H10N2S/c1-5-4-8-6(2)7(9-5)10-3/h4H,1-3H3. The van der Waals surface area contributed by atoms with Gasteiger partial charge in [-0.1, -0.05) is 0 Å². The maximum atomic E-state index is 4.29. The van der Waals surface area contributed by atoms with Crippen LogP contribution in [0.25, 0.3) is 0 Å². The first kappa shape index (κ1) is 7.54. The molecule has 0 saturated carbocycles. The van der Waals surface area contributed by atoms with E-state index in [9.17, 15) is 0 Å². The predicted molar refractivity (Wildman–Crippen MR) is 43.3 cm³/mol. The summed E-state index contributed by atoms with van der Waals surface area (Å²) < 4.78 is 0. The zero-order valence-corrected chi connectivity index (χ0v) is 7.20. The summed E-state index contributed by atoms with van der Waals surface area (Å²) in [6.45, 7) is 3.92. The molecule has 10 heavy (non-hydrogen) atoms. The number of hydrogen-bond donors (Lipinski definition) is 0. The second-order valence-electron chi connectivity index (χ2n) is 2.11. The number of aromatic nitrogens is 2. The summed E-state index contributed by atoms with van der Waals surface area (Å²) in [6.07, 6.45) is 3.80. The molecule has 0 aliphatic rings. The van der Waals surface area contributed by atoms with Gasteiger partial charge in [-0.05, 0) is 20.1 Å². The van der Waals surface area contributed by atoms with Crippen LogP contribution >= 0.6 is 11.8 Å². The third-order valence-corrected chi connectivity index (χ3v) is 2.00. The van der Waals surface area contributed by atoms with E-state index in [1.807, 2.05) is 20.1 Å². The first-order valence-electron chi connectivity index (χ1n) is 3.08. The highest BCUT2D eigenvalue weighted by molar-refractivity contribution is 7.98. The summed E-state index contributed by atoms with van der Waals surface area (Å²) in [5.41, 5.74) is 1.99. The van der Waals surface area contributed by atoms with Gasteiger partial charge in [0.05, 0.1) is 11.4 Å². The molecule has 0 radical (unpaired) electrons. The molecule has 0 bridgehead atoms. The van der Waals surface area contributed by atoms with Crippen molar-refractivity contribution in [3.63, 3.8) is 0 Å². The predicted octanol–water partition coefficient (Wildman–Crippen LogP) is 1.82. The van der Waals surface area contributed by atoms with Crippen LogP contribution in [0.2, 0.25) is 0 Å². The summed E-state index contributed by atoms with van der Waals surface area (Å²) in [5.74, 6) is 0. The number of hydrogen-bond acceptors (Lipinski definition) is 3. The molecule has 0 saturated heterocycles. The maximum absolute atomic E-state index is 4.29. The van der Waals surface area contributed by atoms with E-state index in [2.05, 4.69) is 9.97 Å². The van der Waals surface area contributed by atoms with Crippen molar-refractivity contribution in [2.24, 2.45) is 0 Å². The third-order valence-electron chi connectivity index (χ3n) is 1.23. The van der Waals surface area contributed by atoms with Gasteiger partial charge in [-0.25, -0.2) is 4.98 Å². The number of aryl methyl sites for hydroxylation is 2. The van der Waals surface area contributed by atoms with Crippen LogP contribution < -0.4 is 0 Å². The smallest absolute Gasteiger partial charge is 0.117 e. The van der Waals surface area contributed by atoms with Crippen molar-refractivity contribution in [2.75, 3.05) is 6.26 Å². The molecule has 0 unspecified atom stereocenters. The minimum absolute atomic E-state index is 0.981. The summed E-state index contributed by atoms with van der Waals surface area (Å²) in [6, 6.07) is 0. The molecule has 1 aromatic heterocycles. The summed E-state index contributed by atoms with van der Waals surface area (Å²) in [5, 5.41) is 1.03. The fourth-order valence-electron chi connectivity index (χ4n) is 0.709. The van der Waals surface area contributed by atoms with E-state index in [0.717, 1.165) is 16.4 Å². The quantitative estimate of drug-likeness (QED) is 0.577. The molecular weight excluding hydrogens is 144 g/mol. The van der Waals surface area contributed by atoms with E-state index >= 15 is 0 Å². The van der Waals surface area contributed by atoms with Gasteiger partial charge in [-0.2, -0.15) is 0 Å². The van der Waals surface area contributed by atoms with Gasteiger partial charge in [0.1, 0.15) is 5.03 Å². The van der Waals surface area contributed by atoms with E-state index in [0.29, 0.717) is 0 Å². The lowest BCUT2D eigenvalue weighted by molar-refractivity contribution is 0.948. The van der Waals surface area contributed by atoms with Crippen LogP contribution in [0.5, 0.6) is 0 Å². The Balaban J connectivity index is 3.09. The Bertz CT molecular complexity index is 235. The molecular formula is C7H10N2S. The molecule has 0 N–H and O–H groups in total. The fourth-order valence-corrected chi connectivity index (χ4v) is 1.29. The van der Waals surface area contributed by atoms with Gasteiger partial charge in [-0.15, -0.1) is 11.8 Å². The summed E-state index contributed by atoms with van der Waals surface area (Å²) in [4.78, 5) is 8.46. The van der Waals surface area contributed by atoms with Crippen molar-refractivity contribution in [1.82, 2.24) is 9.97 Å². The van der Waals surface area contributed by atoms with Crippen LogP contribution in [-0.2, 0) is 0 Å². The Kier molecular flexibility index (Phi) is 2.27.